The molecule has 45 heavy (non-hydrogen) atoms. The molecule has 2 aliphatic heterocycles. The van der Waals surface area contributed by atoms with E-state index < -0.39 is 21.9 Å². The van der Waals surface area contributed by atoms with Crippen LogP contribution in [0.5, 0.6) is 0 Å². The van der Waals surface area contributed by atoms with Crippen LogP contribution in [0.25, 0.3) is 5.65 Å². The minimum Gasteiger partial charge on any atom is -0.444 e. The Morgan fingerprint density at radius 1 is 1.11 bits per heavy atom. The number of fused-ring (bicyclic) bond motifs is 1. The number of halogens is 1. The molecule has 2 fully saturated rings. The zero-order valence-electron chi connectivity index (χ0n) is 26.5. The largest absolute Gasteiger partial charge is 0.444 e. The highest BCUT2D eigenvalue weighted by atomic mass is 35.5. The Bertz CT molecular complexity index is 1700. The van der Waals surface area contributed by atoms with Gasteiger partial charge in [-0.3, -0.25) is 9.52 Å². The van der Waals surface area contributed by atoms with Gasteiger partial charge in [-0.15, -0.1) is 0 Å². The van der Waals surface area contributed by atoms with Gasteiger partial charge in [0.15, 0.2) is 5.65 Å². The quantitative estimate of drug-likeness (QED) is 0.380. The predicted octanol–water partition coefficient (Wildman–Crippen LogP) is 4.38. The van der Waals surface area contributed by atoms with E-state index >= 15 is 0 Å². The first kappa shape index (κ1) is 32.8. The number of aromatic nitrogens is 3. The number of likely N-dealkylation sites (tertiary alicyclic amines) is 1. The molecule has 13 nitrogen and oxygen atoms in total. The molecule has 0 unspecified atom stereocenters. The Kier molecular flexibility index (Phi) is 9.20. The second-order valence-electron chi connectivity index (χ2n) is 12.8. The summed E-state index contributed by atoms with van der Waals surface area (Å²) in [5.74, 6) is 0.483. The molecule has 2 atom stereocenters. The number of aryl methyl sites for hydroxylation is 1. The van der Waals surface area contributed by atoms with Crippen molar-refractivity contribution in [1.82, 2.24) is 29.1 Å². The highest BCUT2D eigenvalue weighted by molar-refractivity contribution is 7.90. The maximum absolute atomic E-state index is 14.0. The van der Waals surface area contributed by atoms with Crippen LogP contribution in [0.4, 0.5) is 16.3 Å². The third-order valence-corrected chi connectivity index (χ3v) is 9.54. The number of anilines is 2. The van der Waals surface area contributed by atoms with Crippen LogP contribution in [-0.4, -0.2) is 89.6 Å². The molecule has 2 N–H and O–H groups in total. The highest BCUT2D eigenvalue weighted by Crippen LogP contribution is 2.34. The van der Waals surface area contributed by atoms with E-state index in [2.05, 4.69) is 14.9 Å². The molecule has 0 spiro atoms. The number of hydrogen-bond donors (Lipinski definition) is 2. The molecule has 0 radical (unpaired) electrons. The minimum absolute atomic E-state index is 0.0573. The average molecular weight is 661 g/mol. The van der Waals surface area contributed by atoms with Gasteiger partial charge in [-0.25, -0.2) is 14.3 Å². The SMILES string of the molecule is Cc1cn2nc([C@@H]3CCCCN3C(=O)c3cc(Cl)ccc3NS(=O)(=O)N(C)C)cc2nc1N1CC[C@H](NC(=O)OC(C)(C)C)C1. The van der Waals surface area contributed by atoms with Crippen LogP contribution in [0, 0.1) is 6.92 Å². The second kappa shape index (κ2) is 12.6. The molecule has 2 aliphatic rings. The normalized spacial score (nSPS) is 19.3. The van der Waals surface area contributed by atoms with Crippen LogP contribution in [0.3, 0.4) is 0 Å². The molecule has 2 saturated heterocycles. The van der Waals surface area contributed by atoms with E-state index in [4.69, 9.17) is 26.4 Å². The average Bonchev–Trinajstić information content (AvgIpc) is 3.58. The summed E-state index contributed by atoms with van der Waals surface area (Å²) in [6.07, 6.45) is 4.69. The van der Waals surface area contributed by atoms with Gasteiger partial charge < -0.3 is 19.9 Å². The number of alkyl carbamates (subject to hydrolysis) is 1. The van der Waals surface area contributed by atoms with E-state index in [0.717, 1.165) is 41.5 Å². The number of ether oxygens (including phenoxy) is 1. The molecule has 2 amide bonds. The van der Waals surface area contributed by atoms with Gasteiger partial charge >= 0.3 is 16.3 Å². The summed E-state index contributed by atoms with van der Waals surface area (Å²) in [5.41, 5.74) is 2.05. The number of carbonyl (C=O) groups is 2. The zero-order valence-corrected chi connectivity index (χ0v) is 28.1. The number of hydrogen-bond acceptors (Lipinski definition) is 8. The third kappa shape index (κ3) is 7.45. The molecule has 0 saturated carbocycles. The van der Waals surface area contributed by atoms with Gasteiger partial charge in [0, 0.05) is 56.6 Å². The van der Waals surface area contributed by atoms with Crippen molar-refractivity contribution < 1.29 is 22.7 Å². The van der Waals surface area contributed by atoms with Crippen LogP contribution in [0.1, 0.15) is 74.1 Å². The van der Waals surface area contributed by atoms with Crippen molar-refractivity contribution in [1.29, 1.82) is 0 Å². The van der Waals surface area contributed by atoms with Crippen molar-refractivity contribution >= 4 is 51.0 Å². The second-order valence-corrected chi connectivity index (χ2v) is 15.1. The Morgan fingerprint density at radius 3 is 2.58 bits per heavy atom. The van der Waals surface area contributed by atoms with Gasteiger partial charge in [-0.05, 0) is 71.6 Å². The van der Waals surface area contributed by atoms with E-state index in [1.165, 1.54) is 26.2 Å². The first-order chi connectivity index (χ1) is 21.1. The van der Waals surface area contributed by atoms with Gasteiger partial charge in [-0.2, -0.15) is 17.8 Å². The van der Waals surface area contributed by atoms with Crippen LogP contribution in [0.2, 0.25) is 5.02 Å². The summed E-state index contributed by atoms with van der Waals surface area (Å²) in [6, 6.07) is 6.05. The smallest absolute Gasteiger partial charge is 0.407 e. The van der Waals surface area contributed by atoms with Crippen molar-refractivity contribution in [2.75, 3.05) is 43.4 Å². The lowest BCUT2D eigenvalue weighted by Crippen LogP contribution is -2.40. The predicted molar refractivity (Wildman–Crippen MR) is 173 cm³/mol. The number of rotatable bonds is 7. The maximum atomic E-state index is 14.0. The fraction of sp³-hybridized carbons (Fsp3) is 0.533. The fourth-order valence-electron chi connectivity index (χ4n) is 5.70. The molecule has 3 aromatic rings. The Labute approximate surface area is 269 Å². The van der Waals surface area contributed by atoms with Gasteiger partial charge in [0.05, 0.1) is 29.0 Å². The summed E-state index contributed by atoms with van der Waals surface area (Å²) in [6.45, 7) is 9.31. The Balaban J connectivity index is 1.38. The monoisotopic (exact) mass is 660 g/mol. The van der Waals surface area contributed by atoms with Crippen molar-refractivity contribution in [2.24, 2.45) is 0 Å². The molecule has 2 aromatic heterocycles. The van der Waals surface area contributed by atoms with Gasteiger partial charge in [0.2, 0.25) is 0 Å². The first-order valence-corrected chi connectivity index (χ1v) is 16.9. The lowest BCUT2D eigenvalue weighted by Gasteiger charge is -2.35. The summed E-state index contributed by atoms with van der Waals surface area (Å²) in [5, 5.41) is 8.11. The molecule has 244 valence electrons. The fourth-order valence-corrected chi connectivity index (χ4v) is 6.51. The maximum Gasteiger partial charge on any atom is 0.407 e. The molecule has 0 bridgehead atoms. The first-order valence-electron chi connectivity index (χ1n) is 15.0. The molecule has 1 aromatic carbocycles. The highest BCUT2D eigenvalue weighted by Gasteiger charge is 2.33. The number of carbonyl (C=O) groups excluding carboxylic acids is 2. The number of nitrogens with one attached hydrogen (secondary N) is 2. The summed E-state index contributed by atoms with van der Waals surface area (Å²) >= 11 is 6.27. The molecule has 0 aliphatic carbocycles. The summed E-state index contributed by atoms with van der Waals surface area (Å²) in [4.78, 5) is 35.1. The van der Waals surface area contributed by atoms with Crippen LogP contribution in [-0.2, 0) is 14.9 Å². The summed E-state index contributed by atoms with van der Waals surface area (Å²) in [7, 11) is -1.03. The lowest BCUT2D eigenvalue weighted by molar-refractivity contribution is 0.0508. The topological polar surface area (TPSA) is 141 Å². The number of benzene rings is 1. The number of piperidine rings is 1. The van der Waals surface area contributed by atoms with E-state index in [1.807, 2.05) is 40.0 Å². The molecular formula is C30H41ClN8O5S. The Morgan fingerprint density at radius 2 is 1.87 bits per heavy atom. The number of amides is 2. The Hall–Kier alpha value is -3.62. The van der Waals surface area contributed by atoms with Crippen molar-refractivity contribution in [3.8, 4) is 0 Å². The van der Waals surface area contributed by atoms with Gasteiger partial charge in [0.1, 0.15) is 11.4 Å². The van der Waals surface area contributed by atoms with Crippen molar-refractivity contribution in [3.05, 3.63) is 52.3 Å². The standard InChI is InChI=1S/C30H41ClN8O5S/c1-19-17-39-26(33-27(19)37-14-12-21(18-37)32-29(41)44-30(2,3)4)16-24(34-39)25-9-7-8-13-38(25)28(40)22-15-20(31)10-11-23(22)35-45(42,43)36(5)6/h10-11,15-17,21,25,35H,7-9,12-14,18H2,1-6H3,(H,32,41)/t21-,25-/m0/s1. The van der Waals surface area contributed by atoms with Crippen molar-refractivity contribution in [3.63, 3.8) is 0 Å². The van der Waals surface area contributed by atoms with Gasteiger partial charge in [-0.1, -0.05) is 11.6 Å². The molecule has 15 heteroatoms. The molecular weight excluding hydrogens is 620 g/mol. The van der Waals surface area contributed by atoms with Crippen LogP contribution >= 0.6 is 11.6 Å². The zero-order chi connectivity index (χ0) is 32.7. The molecule has 4 heterocycles. The lowest BCUT2D eigenvalue weighted by atomic mass is 9.98. The van der Waals surface area contributed by atoms with Crippen molar-refractivity contribution in [2.45, 2.75) is 71.1 Å². The molecule has 5 rings (SSSR count). The summed E-state index contributed by atoms with van der Waals surface area (Å²) < 4.78 is 35.9. The van der Waals surface area contributed by atoms with E-state index in [0.29, 0.717) is 35.9 Å². The third-order valence-electron chi connectivity index (χ3n) is 7.87. The van der Waals surface area contributed by atoms with Gasteiger partial charge in [0.25, 0.3) is 5.91 Å². The van der Waals surface area contributed by atoms with E-state index in [-0.39, 0.29) is 29.2 Å². The minimum atomic E-state index is -3.85. The van der Waals surface area contributed by atoms with Crippen LogP contribution in [0.15, 0.2) is 30.5 Å². The number of nitrogens with zero attached hydrogens (tertiary/aromatic N) is 6. The van der Waals surface area contributed by atoms with E-state index in [1.54, 1.807) is 15.5 Å². The van der Waals surface area contributed by atoms with E-state index in [9.17, 15) is 18.0 Å². The van der Waals surface area contributed by atoms with Crippen LogP contribution < -0.4 is 14.9 Å².